The van der Waals surface area contributed by atoms with E-state index in [4.69, 9.17) is 10.8 Å². The van der Waals surface area contributed by atoms with Gasteiger partial charge in [-0.15, -0.1) is 0 Å². The molecule has 1 heterocycles. The number of aliphatic hydroxyl groups excluding tert-OH is 1. The summed E-state index contributed by atoms with van der Waals surface area (Å²) >= 11 is 0. The average molecular weight is 214 g/mol. The molecular formula is C12H26N2O. The fourth-order valence-electron chi connectivity index (χ4n) is 2.55. The predicted molar refractivity (Wildman–Crippen MR) is 63.8 cm³/mol. The van der Waals surface area contributed by atoms with E-state index in [1.54, 1.807) is 0 Å². The van der Waals surface area contributed by atoms with Crippen LogP contribution in [0.1, 0.15) is 39.0 Å². The zero-order valence-corrected chi connectivity index (χ0v) is 9.99. The Bertz CT molecular complexity index is 164. The molecule has 1 saturated heterocycles. The topological polar surface area (TPSA) is 49.5 Å². The number of nitrogens with two attached hydrogens (primary N) is 1. The molecule has 1 rings (SSSR count). The van der Waals surface area contributed by atoms with Crippen molar-refractivity contribution in [3.63, 3.8) is 0 Å². The summed E-state index contributed by atoms with van der Waals surface area (Å²) in [7, 11) is 0. The van der Waals surface area contributed by atoms with Gasteiger partial charge in [0.05, 0.1) is 0 Å². The minimum atomic E-state index is 0.352. The van der Waals surface area contributed by atoms with Crippen molar-refractivity contribution in [3.8, 4) is 0 Å². The molecule has 15 heavy (non-hydrogen) atoms. The van der Waals surface area contributed by atoms with Crippen LogP contribution in [0.3, 0.4) is 0 Å². The van der Waals surface area contributed by atoms with E-state index in [0.29, 0.717) is 12.6 Å². The molecule has 1 fully saturated rings. The molecular weight excluding hydrogens is 188 g/mol. The summed E-state index contributed by atoms with van der Waals surface area (Å²) in [5.74, 6) is 0.746. The largest absolute Gasteiger partial charge is 0.396 e. The summed E-state index contributed by atoms with van der Waals surface area (Å²) in [4.78, 5) is 2.57. The lowest BCUT2D eigenvalue weighted by Crippen LogP contribution is -2.41. The molecule has 0 saturated carbocycles. The molecule has 0 aromatic carbocycles. The van der Waals surface area contributed by atoms with E-state index >= 15 is 0 Å². The van der Waals surface area contributed by atoms with Gasteiger partial charge in [0.1, 0.15) is 0 Å². The summed E-state index contributed by atoms with van der Waals surface area (Å²) in [6.07, 6.45) is 5.87. The number of likely N-dealkylation sites (tertiary alicyclic amines) is 1. The molecule has 3 heteroatoms. The van der Waals surface area contributed by atoms with Gasteiger partial charge in [0.25, 0.3) is 0 Å². The third-order valence-corrected chi connectivity index (χ3v) is 3.56. The standard InChI is InChI=1S/C12H26N2O/c1-11-10-12(5-9-15)4-8-14(11)7-3-2-6-13/h11-12,15H,2-10,13H2,1H3. The first kappa shape index (κ1) is 12.9. The molecule has 90 valence electrons. The second-order valence-corrected chi connectivity index (χ2v) is 4.78. The third-order valence-electron chi connectivity index (χ3n) is 3.56. The maximum atomic E-state index is 8.92. The first-order valence-electron chi connectivity index (χ1n) is 6.33. The summed E-state index contributed by atoms with van der Waals surface area (Å²) in [6.45, 7) is 5.88. The lowest BCUT2D eigenvalue weighted by atomic mass is 9.89. The second-order valence-electron chi connectivity index (χ2n) is 4.78. The Hall–Kier alpha value is -0.120. The molecule has 1 aliphatic rings. The van der Waals surface area contributed by atoms with E-state index in [1.165, 1.54) is 32.4 Å². The van der Waals surface area contributed by atoms with Gasteiger partial charge in [-0.1, -0.05) is 0 Å². The quantitative estimate of drug-likeness (QED) is 0.653. The second kappa shape index (κ2) is 7.20. The predicted octanol–water partition coefficient (Wildman–Crippen LogP) is 1.21. The van der Waals surface area contributed by atoms with Crippen molar-refractivity contribution in [2.75, 3.05) is 26.2 Å². The minimum Gasteiger partial charge on any atom is -0.396 e. The number of aliphatic hydroxyl groups is 1. The number of hydrogen-bond acceptors (Lipinski definition) is 3. The smallest absolute Gasteiger partial charge is 0.0433 e. The van der Waals surface area contributed by atoms with E-state index < -0.39 is 0 Å². The van der Waals surface area contributed by atoms with Gasteiger partial charge in [-0.3, -0.25) is 0 Å². The fourth-order valence-corrected chi connectivity index (χ4v) is 2.55. The Morgan fingerprint density at radius 2 is 2.20 bits per heavy atom. The van der Waals surface area contributed by atoms with Gasteiger partial charge in [0.2, 0.25) is 0 Å². The molecule has 0 aromatic rings. The van der Waals surface area contributed by atoms with Crippen LogP contribution in [0.2, 0.25) is 0 Å². The van der Waals surface area contributed by atoms with Crippen molar-refractivity contribution in [2.45, 2.75) is 45.1 Å². The minimum absolute atomic E-state index is 0.352. The molecule has 0 spiro atoms. The van der Waals surface area contributed by atoms with Crippen LogP contribution in [-0.2, 0) is 0 Å². The highest BCUT2D eigenvalue weighted by Crippen LogP contribution is 2.25. The average Bonchev–Trinajstić information content (AvgIpc) is 2.22. The Balaban J connectivity index is 2.20. The maximum absolute atomic E-state index is 8.92. The lowest BCUT2D eigenvalue weighted by molar-refractivity contribution is 0.107. The third kappa shape index (κ3) is 4.49. The SMILES string of the molecule is CC1CC(CCO)CCN1CCCCN. The summed E-state index contributed by atoms with van der Waals surface area (Å²) in [6, 6.07) is 0.688. The van der Waals surface area contributed by atoms with Crippen LogP contribution < -0.4 is 5.73 Å². The first-order chi connectivity index (χ1) is 7.27. The van der Waals surface area contributed by atoms with E-state index in [1.807, 2.05) is 0 Å². The number of piperidine rings is 1. The molecule has 0 radical (unpaired) electrons. The molecule has 1 aliphatic heterocycles. The zero-order valence-electron chi connectivity index (χ0n) is 9.99. The van der Waals surface area contributed by atoms with Gasteiger partial charge in [-0.05, 0) is 64.6 Å². The molecule has 0 aromatic heterocycles. The molecule has 0 bridgehead atoms. The van der Waals surface area contributed by atoms with E-state index in [0.717, 1.165) is 25.3 Å². The van der Waals surface area contributed by atoms with E-state index in [9.17, 15) is 0 Å². The van der Waals surface area contributed by atoms with Crippen molar-refractivity contribution in [3.05, 3.63) is 0 Å². The van der Waals surface area contributed by atoms with Crippen molar-refractivity contribution in [2.24, 2.45) is 11.7 Å². The van der Waals surface area contributed by atoms with Crippen LogP contribution in [-0.4, -0.2) is 42.3 Å². The normalized spacial score (nSPS) is 28.2. The van der Waals surface area contributed by atoms with Crippen molar-refractivity contribution in [1.82, 2.24) is 4.90 Å². The van der Waals surface area contributed by atoms with Crippen LogP contribution in [0.15, 0.2) is 0 Å². The van der Waals surface area contributed by atoms with Crippen LogP contribution in [0.5, 0.6) is 0 Å². The van der Waals surface area contributed by atoms with Crippen molar-refractivity contribution in [1.29, 1.82) is 0 Å². The van der Waals surface area contributed by atoms with E-state index in [-0.39, 0.29) is 0 Å². The fraction of sp³-hybridized carbons (Fsp3) is 1.00. The highest BCUT2D eigenvalue weighted by atomic mass is 16.3. The number of nitrogens with zero attached hydrogens (tertiary/aromatic N) is 1. The molecule has 0 aliphatic carbocycles. The Labute approximate surface area is 93.6 Å². The monoisotopic (exact) mass is 214 g/mol. The van der Waals surface area contributed by atoms with Crippen LogP contribution in [0.25, 0.3) is 0 Å². The number of rotatable bonds is 6. The highest BCUT2D eigenvalue weighted by Gasteiger charge is 2.24. The molecule has 2 atom stereocenters. The zero-order chi connectivity index (χ0) is 11.1. The maximum Gasteiger partial charge on any atom is 0.0433 e. The van der Waals surface area contributed by atoms with Crippen LogP contribution in [0.4, 0.5) is 0 Å². The highest BCUT2D eigenvalue weighted by molar-refractivity contribution is 4.78. The Morgan fingerprint density at radius 3 is 2.80 bits per heavy atom. The van der Waals surface area contributed by atoms with E-state index in [2.05, 4.69) is 11.8 Å². The van der Waals surface area contributed by atoms with Gasteiger partial charge >= 0.3 is 0 Å². The van der Waals surface area contributed by atoms with Crippen LogP contribution >= 0.6 is 0 Å². The van der Waals surface area contributed by atoms with Crippen LogP contribution in [0, 0.1) is 5.92 Å². The molecule has 3 nitrogen and oxygen atoms in total. The molecule has 3 N–H and O–H groups in total. The Kier molecular flexibility index (Phi) is 6.22. The van der Waals surface area contributed by atoms with Gasteiger partial charge in [0, 0.05) is 12.6 Å². The Morgan fingerprint density at radius 1 is 1.40 bits per heavy atom. The number of unbranched alkanes of at least 4 members (excludes halogenated alkanes) is 1. The summed E-state index contributed by atoms with van der Waals surface area (Å²) in [5.41, 5.74) is 5.49. The van der Waals surface area contributed by atoms with Gasteiger partial charge in [0.15, 0.2) is 0 Å². The molecule has 0 amide bonds. The molecule has 2 unspecified atom stereocenters. The summed E-state index contributed by atoms with van der Waals surface area (Å²) < 4.78 is 0. The van der Waals surface area contributed by atoms with Gasteiger partial charge in [-0.2, -0.15) is 0 Å². The van der Waals surface area contributed by atoms with Gasteiger partial charge < -0.3 is 15.7 Å². The van der Waals surface area contributed by atoms with Gasteiger partial charge in [-0.25, -0.2) is 0 Å². The lowest BCUT2D eigenvalue weighted by Gasteiger charge is -2.37. The summed E-state index contributed by atoms with van der Waals surface area (Å²) in [5, 5.41) is 8.92. The first-order valence-corrected chi connectivity index (χ1v) is 6.33. The number of hydrogen-bond donors (Lipinski definition) is 2. The van der Waals surface area contributed by atoms with Crippen molar-refractivity contribution < 1.29 is 5.11 Å². The van der Waals surface area contributed by atoms with Crippen molar-refractivity contribution >= 4 is 0 Å².